The van der Waals surface area contributed by atoms with Crippen molar-refractivity contribution in [2.75, 3.05) is 53.0 Å². The molecule has 0 aromatic heterocycles. The first kappa shape index (κ1) is 20.1. The zero-order valence-corrected chi connectivity index (χ0v) is 16.4. The maximum atomic E-state index is 13.4. The van der Waals surface area contributed by atoms with Gasteiger partial charge in [0.05, 0.1) is 26.3 Å². The minimum absolute atomic E-state index is 0.0888. The van der Waals surface area contributed by atoms with Crippen LogP contribution in [0.4, 0.5) is 0 Å². The summed E-state index contributed by atoms with van der Waals surface area (Å²) in [6, 6.07) is 9.84. The van der Waals surface area contributed by atoms with Crippen molar-refractivity contribution in [3.8, 4) is 0 Å². The SMILES string of the molecule is CO[C@@H](C(=O)N(CC[NH+]1CCOCC1)C[C@H]1CC=CCC1)c1ccccc1. The lowest BCUT2D eigenvalue weighted by molar-refractivity contribution is -0.907. The van der Waals surface area contributed by atoms with E-state index >= 15 is 0 Å². The third-order valence-electron chi connectivity index (χ3n) is 5.67. The molecule has 1 aromatic rings. The van der Waals surface area contributed by atoms with Crippen molar-refractivity contribution in [2.24, 2.45) is 5.92 Å². The fraction of sp³-hybridized carbons (Fsp3) is 0.591. The van der Waals surface area contributed by atoms with Gasteiger partial charge in [0.1, 0.15) is 13.1 Å². The van der Waals surface area contributed by atoms with E-state index in [-0.39, 0.29) is 5.91 Å². The molecule has 1 aliphatic carbocycles. The number of morpholine rings is 1. The first-order chi connectivity index (χ1) is 13.3. The standard InChI is InChI=1S/C22H32N2O3/c1-26-21(20-10-6-3-7-11-20)22(25)24(18-19-8-4-2-5-9-19)13-12-23-14-16-27-17-15-23/h2-4,6-7,10-11,19,21H,5,8-9,12-18H2,1H3/p+1/t19-,21+/m0/s1. The second-order valence-corrected chi connectivity index (χ2v) is 7.57. The highest BCUT2D eigenvalue weighted by Gasteiger charge is 2.29. The predicted octanol–water partition coefficient (Wildman–Crippen LogP) is 1.47. The van der Waals surface area contributed by atoms with Crippen LogP contribution in [0, 0.1) is 5.92 Å². The Morgan fingerprint density at radius 2 is 2.04 bits per heavy atom. The Hall–Kier alpha value is -1.69. The Morgan fingerprint density at radius 1 is 1.26 bits per heavy atom. The van der Waals surface area contributed by atoms with Crippen LogP contribution in [-0.2, 0) is 14.3 Å². The van der Waals surface area contributed by atoms with Gasteiger partial charge in [-0.05, 0) is 30.7 Å². The van der Waals surface area contributed by atoms with Gasteiger partial charge in [-0.3, -0.25) is 4.79 Å². The van der Waals surface area contributed by atoms with Gasteiger partial charge in [-0.1, -0.05) is 42.5 Å². The number of methoxy groups -OCH3 is 1. The molecule has 1 amide bonds. The maximum Gasteiger partial charge on any atom is 0.256 e. The summed E-state index contributed by atoms with van der Waals surface area (Å²) >= 11 is 0. The fourth-order valence-corrected chi connectivity index (χ4v) is 4.00. The molecule has 148 valence electrons. The number of hydrogen-bond acceptors (Lipinski definition) is 3. The number of hydrogen-bond donors (Lipinski definition) is 1. The van der Waals surface area contributed by atoms with Crippen LogP contribution < -0.4 is 4.90 Å². The molecule has 5 heteroatoms. The maximum absolute atomic E-state index is 13.4. The molecule has 0 radical (unpaired) electrons. The molecule has 0 unspecified atom stereocenters. The third kappa shape index (κ3) is 5.89. The van der Waals surface area contributed by atoms with E-state index in [1.807, 2.05) is 35.2 Å². The van der Waals surface area contributed by atoms with Crippen molar-refractivity contribution in [1.29, 1.82) is 0 Å². The molecule has 5 nitrogen and oxygen atoms in total. The molecule has 2 aliphatic rings. The van der Waals surface area contributed by atoms with E-state index in [9.17, 15) is 4.79 Å². The predicted molar refractivity (Wildman–Crippen MR) is 106 cm³/mol. The van der Waals surface area contributed by atoms with Gasteiger partial charge in [0.2, 0.25) is 0 Å². The summed E-state index contributed by atoms with van der Waals surface area (Å²) < 4.78 is 11.1. The van der Waals surface area contributed by atoms with E-state index in [0.29, 0.717) is 5.92 Å². The van der Waals surface area contributed by atoms with Crippen LogP contribution in [0.1, 0.15) is 30.9 Å². The summed E-state index contributed by atoms with van der Waals surface area (Å²) in [4.78, 5) is 16.9. The topological polar surface area (TPSA) is 43.2 Å². The summed E-state index contributed by atoms with van der Waals surface area (Å²) in [6.45, 7) is 6.27. The van der Waals surface area contributed by atoms with Crippen molar-refractivity contribution >= 4 is 5.91 Å². The molecular weight excluding hydrogens is 340 g/mol. The highest BCUT2D eigenvalue weighted by Crippen LogP contribution is 2.23. The number of carbonyl (C=O) groups is 1. The number of allylic oxidation sites excluding steroid dienone is 2. The molecular formula is C22H33N2O3+. The first-order valence-corrected chi connectivity index (χ1v) is 10.2. The zero-order chi connectivity index (χ0) is 18.9. The summed E-state index contributed by atoms with van der Waals surface area (Å²) in [5.41, 5.74) is 0.928. The molecule has 1 aliphatic heterocycles. The zero-order valence-electron chi connectivity index (χ0n) is 16.4. The molecule has 0 spiro atoms. The number of rotatable bonds is 8. The van der Waals surface area contributed by atoms with Crippen molar-refractivity contribution < 1.29 is 19.2 Å². The lowest BCUT2D eigenvalue weighted by Crippen LogP contribution is -3.14. The van der Waals surface area contributed by atoms with Gasteiger partial charge in [-0.2, -0.15) is 0 Å². The van der Waals surface area contributed by atoms with Crippen molar-refractivity contribution in [2.45, 2.75) is 25.4 Å². The number of nitrogens with one attached hydrogen (secondary N) is 1. The van der Waals surface area contributed by atoms with Crippen LogP contribution in [0.15, 0.2) is 42.5 Å². The number of benzene rings is 1. The van der Waals surface area contributed by atoms with E-state index in [4.69, 9.17) is 9.47 Å². The van der Waals surface area contributed by atoms with Crippen molar-refractivity contribution in [1.82, 2.24) is 4.90 Å². The molecule has 1 heterocycles. The van der Waals surface area contributed by atoms with E-state index in [0.717, 1.165) is 70.8 Å². The summed E-state index contributed by atoms with van der Waals surface area (Å²) in [6.07, 6.45) is 7.33. The van der Waals surface area contributed by atoms with Gasteiger partial charge in [0.15, 0.2) is 6.10 Å². The number of carbonyl (C=O) groups excluding carboxylic acids is 1. The summed E-state index contributed by atoms with van der Waals surface area (Å²) in [5, 5.41) is 0. The Labute approximate surface area is 162 Å². The quantitative estimate of drug-likeness (QED) is 0.702. The smallest absolute Gasteiger partial charge is 0.256 e. The lowest BCUT2D eigenvalue weighted by atomic mass is 9.93. The van der Waals surface area contributed by atoms with Gasteiger partial charge in [-0.15, -0.1) is 0 Å². The summed E-state index contributed by atoms with van der Waals surface area (Å²) in [5.74, 6) is 0.637. The van der Waals surface area contributed by atoms with Gasteiger partial charge in [0, 0.05) is 13.7 Å². The molecule has 27 heavy (non-hydrogen) atoms. The second kappa shape index (κ2) is 10.6. The van der Waals surface area contributed by atoms with Crippen LogP contribution in [0.25, 0.3) is 0 Å². The molecule has 2 atom stereocenters. The van der Waals surface area contributed by atoms with Gasteiger partial charge in [-0.25, -0.2) is 0 Å². The number of amides is 1. The lowest BCUT2D eigenvalue weighted by Gasteiger charge is -2.32. The monoisotopic (exact) mass is 373 g/mol. The van der Waals surface area contributed by atoms with Crippen LogP contribution in [0.5, 0.6) is 0 Å². The molecule has 1 saturated heterocycles. The van der Waals surface area contributed by atoms with Crippen LogP contribution >= 0.6 is 0 Å². The Balaban J connectivity index is 1.68. The first-order valence-electron chi connectivity index (χ1n) is 10.2. The average molecular weight is 374 g/mol. The highest BCUT2D eigenvalue weighted by molar-refractivity contribution is 5.82. The van der Waals surface area contributed by atoms with Crippen LogP contribution in [0.3, 0.4) is 0 Å². The second-order valence-electron chi connectivity index (χ2n) is 7.57. The third-order valence-corrected chi connectivity index (χ3v) is 5.67. The Kier molecular flexibility index (Phi) is 7.87. The molecule has 1 N–H and O–H groups in total. The molecule has 0 saturated carbocycles. The Morgan fingerprint density at radius 3 is 2.70 bits per heavy atom. The van der Waals surface area contributed by atoms with E-state index in [2.05, 4.69) is 12.2 Å². The van der Waals surface area contributed by atoms with Gasteiger partial charge >= 0.3 is 0 Å². The van der Waals surface area contributed by atoms with Crippen molar-refractivity contribution in [3.63, 3.8) is 0 Å². The van der Waals surface area contributed by atoms with Crippen LogP contribution in [-0.4, -0.2) is 63.9 Å². The van der Waals surface area contributed by atoms with E-state index < -0.39 is 6.10 Å². The van der Waals surface area contributed by atoms with E-state index in [1.165, 1.54) is 4.90 Å². The largest absolute Gasteiger partial charge is 0.370 e. The molecule has 1 fully saturated rings. The highest BCUT2D eigenvalue weighted by atomic mass is 16.5. The molecule has 0 bridgehead atoms. The minimum atomic E-state index is -0.523. The number of nitrogens with zero attached hydrogens (tertiary/aromatic N) is 1. The molecule has 1 aromatic carbocycles. The van der Waals surface area contributed by atoms with E-state index in [1.54, 1.807) is 7.11 Å². The van der Waals surface area contributed by atoms with Crippen LogP contribution in [0.2, 0.25) is 0 Å². The van der Waals surface area contributed by atoms with Crippen molar-refractivity contribution in [3.05, 3.63) is 48.0 Å². The summed E-state index contributed by atoms with van der Waals surface area (Å²) in [7, 11) is 1.63. The normalized spacial score (nSPS) is 21.7. The van der Waals surface area contributed by atoms with Gasteiger partial charge < -0.3 is 19.3 Å². The number of ether oxygens (including phenoxy) is 2. The Bertz CT molecular complexity index is 599. The minimum Gasteiger partial charge on any atom is -0.370 e. The fourth-order valence-electron chi connectivity index (χ4n) is 4.00. The number of quaternary nitrogens is 1. The van der Waals surface area contributed by atoms with Gasteiger partial charge in [0.25, 0.3) is 5.91 Å². The molecule has 3 rings (SSSR count). The average Bonchev–Trinajstić information content (AvgIpc) is 2.74.